The van der Waals surface area contributed by atoms with Crippen molar-refractivity contribution in [1.82, 2.24) is 5.09 Å². The third-order valence-electron chi connectivity index (χ3n) is 3.67. The van der Waals surface area contributed by atoms with Gasteiger partial charge in [-0.1, -0.05) is 36.4 Å². The molecule has 2 aromatic carbocycles. The number of carbonyl (C=O) groups excluding carboxylic acids is 2. The number of para-hydroxylation sites is 2. The summed E-state index contributed by atoms with van der Waals surface area (Å²) in [6.07, 6.45) is -0.156. The van der Waals surface area contributed by atoms with Crippen molar-refractivity contribution in [2.24, 2.45) is 0 Å². The third kappa shape index (κ3) is 8.10. The number of ketones is 1. The van der Waals surface area contributed by atoms with E-state index in [4.69, 9.17) is 13.8 Å². The minimum absolute atomic E-state index is 0.0984. The average Bonchev–Trinajstić information content (AvgIpc) is 2.66. The number of Topliss-reactive ketones (excluding diaryl/α,β-unsaturated/α-hetero) is 1. The van der Waals surface area contributed by atoms with Crippen LogP contribution in [0.5, 0.6) is 11.5 Å². The first kappa shape index (κ1) is 22.7. The van der Waals surface area contributed by atoms with Crippen LogP contribution in [0.3, 0.4) is 0 Å². The Morgan fingerprint density at radius 2 is 1.41 bits per heavy atom. The molecule has 0 unspecified atom stereocenters. The highest BCUT2D eigenvalue weighted by molar-refractivity contribution is 7.52. The van der Waals surface area contributed by atoms with Gasteiger partial charge >= 0.3 is 13.7 Å². The van der Waals surface area contributed by atoms with Crippen molar-refractivity contribution in [3.05, 3.63) is 60.7 Å². The van der Waals surface area contributed by atoms with Crippen LogP contribution < -0.4 is 14.1 Å². The van der Waals surface area contributed by atoms with Crippen molar-refractivity contribution in [3.63, 3.8) is 0 Å². The molecule has 1 N–H and O–H groups in total. The van der Waals surface area contributed by atoms with Gasteiger partial charge in [-0.25, -0.2) is 4.57 Å². The smallest absolute Gasteiger partial charge is 0.462 e. The minimum Gasteiger partial charge on any atom is -0.462 e. The minimum atomic E-state index is -4.04. The van der Waals surface area contributed by atoms with E-state index in [2.05, 4.69) is 5.09 Å². The molecule has 0 fully saturated rings. The van der Waals surface area contributed by atoms with Gasteiger partial charge in [-0.15, -0.1) is 0 Å². The predicted molar refractivity (Wildman–Crippen MR) is 110 cm³/mol. The molecule has 0 spiro atoms. The standard InChI is InChI=1S/C21H26NO6P/c1-16(2)26-21(24)20(15-14-17(3)23)22-29(25,27-18-10-6-4-7-11-18)28-19-12-8-5-9-13-19/h4-13,16,20H,14-15H2,1-3H3,(H,22,25)/t20-/m0/s1. The second kappa shape index (κ2) is 10.8. The number of nitrogens with one attached hydrogen (secondary N) is 1. The number of hydrogen-bond acceptors (Lipinski definition) is 6. The molecule has 29 heavy (non-hydrogen) atoms. The van der Waals surface area contributed by atoms with Gasteiger partial charge in [0.05, 0.1) is 6.10 Å². The number of ether oxygens (including phenoxy) is 1. The quantitative estimate of drug-likeness (QED) is 0.423. The number of hydrogen-bond donors (Lipinski definition) is 1. The SMILES string of the molecule is CC(=O)CC[C@H](NP(=O)(Oc1ccccc1)Oc1ccccc1)C(=O)OC(C)C. The highest BCUT2D eigenvalue weighted by Gasteiger charge is 2.36. The lowest BCUT2D eigenvalue weighted by Crippen LogP contribution is -2.39. The summed E-state index contributed by atoms with van der Waals surface area (Å²) < 4.78 is 30.1. The molecule has 0 saturated heterocycles. The van der Waals surface area contributed by atoms with Gasteiger partial charge in [0.2, 0.25) is 0 Å². The molecule has 0 aliphatic rings. The predicted octanol–water partition coefficient (Wildman–Crippen LogP) is 4.53. The molecule has 0 bridgehead atoms. The normalized spacial score (nSPS) is 12.3. The molecule has 0 saturated carbocycles. The molecule has 0 heterocycles. The Balaban J connectivity index is 2.29. The van der Waals surface area contributed by atoms with Crippen LogP contribution in [-0.4, -0.2) is 23.9 Å². The van der Waals surface area contributed by atoms with Gasteiger partial charge in [0.15, 0.2) is 0 Å². The van der Waals surface area contributed by atoms with Crippen LogP contribution in [0.1, 0.15) is 33.6 Å². The molecule has 2 aromatic rings. The Labute approximate surface area is 171 Å². The van der Waals surface area contributed by atoms with Crippen molar-refractivity contribution < 1.29 is 27.9 Å². The highest BCUT2D eigenvalue weighted by atomic mass is 31.2. The zero-order chi connectivity index (χ0) is 21.3. The first-order chi connectivity index (χ1) is 13.8. The van der Waals surface area contributed by atoms with E-state index in [9.17, 15) is 14.2 Å². The van der Waals surface area contributed by atoms with Gasteiger partial charge in [0.25, 0.3) is 0 Å². The largest absolute Gasteiger partial charge is 0.513 e. The lowest BCUT2D eigenvalue weighted by Gasteiger charge is -2.25. The lowest BCUT2D eigenvalue weighted by atomic mass is 10.1. The Morgan fingerprint density at radius 3 is 1.83 bits per heavy atom. The Bertz CT molecular complexity index is 795. The van der Waals surface area contributed by atoms with E-state index < -0.39 is 19.8 Å². The van der Waals surface area contributed by atoms with E-state index in [1.165, 1.54) is 6.92 Å². The summed E-state index contributed by atoms with van der Waals surface area (Å²) >= 11 is 0. The van der Waals surface area contributed by atoms with E-state index in [-0.39, 0.29) is 24.7 Å². The molecule has 156 valence electrons. The zero-order valence-electron chi connectivity index (χ0n) is 16.7. The summed E-state index contributed by atoms with van der Waals surface area (Å²) in [6, 6.07) is 15.9. The Morgan fingerprint density at radius 1 is 0.931 bits per heavy atom. The second-order valence-electron chi connectivity index (χ2n) is 6.71. The van der Waals surface area contributed by atoms with Crippen molar-refractivity contribution in [1.29, 1.82) is 0 Å². The maximum absolute atomic E-state index is 13.5. The van der Waals surface area contributed by atoms with E-state index in [0.717, 1.165) is 0 Å². The molecule has 8 heteroatoms. The molecular formula is C21H26NO6P. The summed E-state index contributed by atoms with van der Waals surface area (Å²) in [5, 5.41) is 2.67. The molecule has 7 nitrogen and oxygen atoms in total. The van der Waals surface area contributed by atoms with Gasteiger partial charge in [-0.3, -0.25) is 4.79 Å². The topological polar surface area (TPSA) is 90.9 Å². The molecule has 0 radical (unpaired) electrons. The van der Waals surface area contributed by atoms with Gasteiger partial charge < -0.3 is 18.6 Å². The number of rotatable bonds is 11. The van der Waals surface area contributed by atoms with E-state index in [1.54, 1.807) is 74.5 Å². The van der Waals surface area contributed by atoms with Crippen LogP contribution in [0.4, 0.5) is 0 Å². The summed E-state index contributed by atoms with van der Waals surface area (Å²) in [6.45, 7) is 4.84. The molecule has 0 aliphatic carbocycles. The van der Waals surface area contributed by atoms with E-state index in [0.29, 0.717) is 11.5 Å². The second-order valence-corrected chi connectivity index (χ2v) is 8.33. The van der Waals surface area contributed by atoms with Gasteiger partial charge in [0, 0.05) is 6.42 Å². The Hall–Kier alpha value is -2.63. The van der Waals surface area contributed by atoms with Crippen LogP contribution in [-0.2, 0) is 18.9 Å². The maximum atomic E-state index is 13.5. The molecule has 0 aromatic heterocycles. The zero-order valence-corrected chi connectivity index (χ0v) is 17.6. The molecular weight excluding hydrogens is 393 g/mol. The van der Waals surface area contributed by atoms with Crippen LogP contribution in [0, 0.1) is 0 Å². The van der Waals surface area contributed by atoms with Crippen LogP contribution >= 0.6 is 7.75 Å². The van der Waals surface area contributed by atoms with Gasteiger partial charge in [-0.2, -0.15) is 5.09 Å². The number of carbonyl (C=O) groups is 2. The van der Waals surface area contributed by atoms with Crippen LogP contribution in [0.2, 0.25) is 0 Å². The van der Waals surface area contributed by atoms with Crippen molar-refractivity contribution >= 4 is 19.5 Å². The number of benzene rings is 2. The fourth-order valence-electron chi connectivity index (χ4n) is 2.40. The molecule has 0 aliphatic heterocycles. The van der Waals surface area contributed by atoms with Crippen LogP contribution in [0.25, 0.3) is 0 Å². The summed E-state index contributed by atoms with van der Waals surface area (Å²) in [4.78, 5) is 23.9. The summed E-state index contributed by atoms with van der Waals surface area (Å²) in [7, 11) is -4.04. The maximum Gasteiger partial charge on any atom is 0.513 e. The third-order valence-corrected chi connectivity index (χ3v) is 5.20. The monoisotopic (exact) mass is 419 g/mol. The highest BCUT2D eigenvalue weighted by Crippen LogP contribution is 2.45. The fraction of sp³-hybridized carbons (Fsp3) is 0.333. The molecule has 0 amide bonds. The van der Waals surface area contributed by atoms with Crippen molar-refractivity contribution in [3.8, 4) is 11.5 Å². The van der Waals surface area contributed by atoms with Gasteiger partial charge in [0.1, 0.15) is 23.3 Å². The van der Waals surface area contributed by atoms with Crippen molar-refractivity contribution in [2.45, 2.75) is 45.8 Å². The summed E-state index contributed by atoms with van der Waals surface area (Å²) in [5.74, 6) is -0.115. The average molecular weight is 419 g/mol. The molecule has 1 atom stereocenters. The first-order valence-corrected chi connectivity index (χ1v) is 10.9. The Kier molecular flexibility index (Phi) is 8.43. The summed E-state index contributed by atoms with van der Waals surface area (Å²) in [5.41, 5.74) is 0. The fourth-order valence-corrected chi connectivity index (χ4v) is 3.96. The number of esters is 1. The van der Waals surface area contributed by atoms with Crippen molar-refractivity contribution in [2.75, 3.05) is 0 Å². The lowest BCUT2D eigenvalue weighted by molar-refractivity contribution is -0.149. The van der Waals surface area contributed by atoms with Gasteiger partial charge in [-0.05, 0) is 51.5 Å². The molecule has 2 rings (SSSR count). The first-order valence-electron chi connectivity index (χ1n) is 9.34. The van der Waals surface area contributed by atoms with Crippen LogP contribution in [0.15, 0.2) is 60.7 Å². The van der Waals surface area contributed by atoms with E-state index >= 15 is 0 Å². The van der Waals surface area contributed by atoms with E-state index in [1.807, 2.05) is 0 Å².